The SMILES string of the molecule is CCOc1ccccc1C(NC)C1CCCCC1(C)C. The van der Waals surface area contributed by atoms with E-state index in [9.17, 15) is 0 Å². The highest BCUT2D eigenvalue weighted by Gasteiger charge is 2.38. The van der Waals surface area contributed by atoms with Crippen LogP contribution in [0.1, 0.15) is 58.1 Å². The Labute approximate surface area is 123 Å². The summed E-state index contributed by atoms with van der Waals surface area (Å²) in [7, 11) is 2.08. The quantitative estimate of drug-likeness (QED) is 0.850. The van der Waals surface area contributed by atoms with Crippen molar-refractivity contribution in [1.29, 1.82) is 0 Å². The fraction of sp³-hybridized carbons (Fsp3) is 0.667. The first-order chi connectivity index (χ1) is 9.60. The Balaban J connectivity index is 2.32. The maximum absolute atomic E-state index is 5.84. The average Bonchev–Trinajstić information content (AvgIpc) is 2.43. The molecule has 2 atom stereocenters. The molecule has 2 heteroatoms. The number of rotatable bonds is 5. The molecule has 0 aromatic heterocycles. The lowest BCUT2D eigenvalue weighted by Crippen LogP contribution is -2.38. The molecule has 1 N–H and O–H groups in total. The molecule has 2 unspecified atom stereocenters. The molecule has 0 amide bonds. The van der Waals surface area contributed by atoms with Gasteiger partial charge in [-0.25, -0.2) is 0 Å². The monoisotopic (exact) mass is 275 g/mol. The highest BCUT2D eigenvalue weighted by molar-refractivity contribution is 5.36. The van der Waals surface area contributed by atoms with Crippen molar-refractivity contribution in [1.82, 2.24) is 5.32 Å². The van der Waals surface area contributed by atoms with Crippen LogP contribution in [0.5, 0.6) is 5.75 Å². The highest BCUT2D eigenvalue weighted by Crippen LogP contribution is 2.47. The average molecular weight is 275 g/mol. The van der Waals surface area contributed by atoms with E-state index in [1.54, 1.807) is 0 Å². The van der Waals surface area contributed by atoms with Crippen molar-refractivity contribution < 1.29 is 4.74 Å². The molecular weight excluding hydrogens is 246 g/mol. The van der Waals surface area contributed by atoms with Gasteiger partial charge < -0.3 is 10.1 Å². The van der Waals surface area contributed by atoms with E-state index in [0.29, 0.717) is 17.4 Å². The van der Waals surface area contributed by atoms with E-state index in [-0.39, 0.29) is 0 Å². The predicted octanol–water partition coefficient (Wildman–Crippen LogP) is 4.56. The van der Waals surface area contributed by atoms with Crippen LogP contribution >= 0.6 is 0 Å². The Hall–Kier alpha value is -1.02. The lowest BCUT2D eigenvalue weighted by Gasteiger charge is -2.43. The van der Waals surface area contributed by atoms with E-state index in [1.807, 2.05) is 0 Å². The van der Waals surface area contributed by atoms with Crippen molar-refractivity contribution in [2.24, 2.45) is 11.3 Å². The van der Waals surface area contributed by atoms with E-state index >= 15 is 0 Å². The number of hydrogen-bond acceptors (Lipinski definition) is 2. The Kier molecular flexibility index (Phi) is 5.09. The maximum Gasteiger partial charge on any atom is 0.124 e. The van der Waals surface area contributed by atoms with E-state index in [1.165, 1.54) is 31.2 Å². The number of hydrogen-bond donors (Lipinski definition) is 1. The topological polar surface area (TPSA) is 21.3 Å². The minimum absolute atomic E-state index is 0.382. The fourth-order valence-corrected chi connectivity index (χ4v) is 3.74. The van der Waals surface area contributed by atoms with Crippen LogP contribution in [0, 0.1) is 11.3 Å². The van der Waals surface area contributed by atoms with Crippen molar-refractivity contribution in [2.45, 2.75) is 52.5 Å². The lowest BCUT2D eigenvalue weighted by molar-refractivity contribution is 0.0999. The summed E-state index contributed by atoms with van der Waals surface area (Å²) in [5.74, 6) is 1.71. The van der Waals surface area contributed by atoms with E-state index < -0.39 is 0 Å². The smallest absolute Gasteiger partial charge is 0.124 e. The van der Waals surface area contributed by atoms with Crippen LogP contribution in [-0.2, 0) is 0 Å². The standard InChI is InChI=1S/C18H29NO/c1-5-20-16-12-7-6-10-14(16)17(19-4)15-11-8-9-13-18(15,2)3/h6-7,10,12,15,17,19H,5,8-9,11,13H2,1-4H3. The fourth-order valence-electron chi connectivity index (χ4n) is 3.74. The molecule has 1 aromatic carbocycles. The van der Waals surface area contributed by atoms with Gasteiger partial charge in [-0.2, -0.15) is 0 Å². The second-order valence-corrected chi connectivity index (χ2v) is 6.58. The van der Waals surface area contributed by atoms with Crippen LogP contribution in [0.2, 0.25) is 0 Å². The molecule has 1 aliphatic carbocycles. The zero-order valence-corrected chi connectivity index (χ0v) is 13.4. The second kappa shape index (κ2) is 6.62. The first kappa shape index (κ1) is 15.4. The second-order valence-electron chi connectivity index (χ2n) is 6.58. The summed E-state index contributed by atoms with van der Waals surface area (Å²) in [4.78, 5) is 0. The van der Waals surface area contributed by atoms with Gasteiger partial charge in [0.1, 0.15) is 5.75 Å². The molecule has 0 saturated heterocycles. The molecule has 1 aliphatic rings. The number of nitrogens with one attached hydrogen (secondary N) is 1. The first-order valence-corrected chi connectivity index (χ1v) is 7.99. The Morgan fingerprint density at radius 1 is 1.30 bits per heavy atom. The van der Waals surface area contributed by atoms with Gasteiger partial charge in [0, 0.05) is 11.6 Å². The number of benzene rings is 1. The van der Waals surface area contributed by atoms with Crippen LogP contribution in [0.3, 0.4) is 0 Å². The van der Waals surface area contributed by atoms with E-state index in [0.717, 1.165) is 12.4 Å². The summed E-state index contributed by atoms with van der Waals surface area (Å²) in [5.41, 5.74) is 1.71. The molecule has 1 fully saturated rings. The molecule has 2 rings (SSSR count). The van der Waals surface area contributed by atoms with Gasteiger partial charge in [-0.1, -0.05) is 44.9 Å². The molecule has 0 spiro atoms. The molecule has 0 bridgehead atoms. The van der Waals surface area contributed by atoms with E-state index in [4.69, 9.17) is 4.74 Å². The van der Waals surface area contributed by atoms with Gasteiger partial charge in [-0.05, 0) is 44.2 Å². The molecule has 0 aliphatic heterocycles. The van der Waals surface area contributed by atoms with Crippen molar-refractivity contribution >= 4 is 0 Å². The lowest BCUT2D eigenvalue weighted by atomic mass is 9.64. The summed E-state index contributed by atoms with van der Waals surface area (Å²) in [6.45, 7) is 7.62. The van der Waals surface area contributed by atoms with Crippen LogP contribution in [0.25, 0.3) is 0 Å². The number of para-hydroxylation sites is 1. The van der Waals surface area contributed by atoms with Gasteiger partial charge in [-0.15, -0.1) is 0 Å². The third-order valence-electron chi connectivity index (χ3n) is 4.86. The summed E-state index contributed by atoms with van der Waals surface area (Å²) in [5, 5.41) is 3.56. The molecule has 1 aromatic rings. The molecule has 2 nitrogen and oxygen atoms in total. The third kappa shape index (κ3) is 3.17. The normalized spacial score (nSPS) is 23.3. The van der Waals surface area contributed by atoms with Gasteiger partial charge in [0.2, 0.25) is 0 Å². The van der Waals surface area contributed by atoms with Crippen molar-refractivity contribution in [3.8, 4) is 5.75 Å². The minimum atomic E-state index is 0.382. The Morgan fingerprint density at radius 3 is 2.70 bits per heavy atom. The molecule has 0 heterocycles. The molecular formula is C18H29NO. The molecule has 1 saturated carbocycles. The van der Waals surface area contributed by atoms with Crippen LogP contribution in [-0.4, -0.2) is 13.7 Å². The van der Waals surface area contributed by atoms with Crippen LogP contribution < -0.4 is 10.1 Å². The van der Waals surface area contributed by atoms with Crippen LogP contribution in [0.15, 0.2) is 24.3 Å². The van der Waals surface area contributed by atoms with Crippen molar-refractivity contribution in [3.63, 3.8) is 0 Å². The highest BCUT2D eigenvalue weighted by atomic mass is 16.5. The van der Waals surface area contributed by atoms with Gasteiger partial charge in [0.25, 0.3) is 0 Å². The maximum atomic E-state index is 5.84. The van der Waals surface area contributed by atoms with Gasteiger partial charge in [0.15, 0.2) is 0 Å². The zero-order chi connectivity index (χ0) is 14.6. The minimum Gasteiger partial charge on any atom is -0.494 e. The third-order valence-corrected chi connectivity index (χ3v) is 4.86. The molecule has 112 valence electrons. The number of ether oxygens (including phenoxy) is 1. The Morgan fingerprint density at radius 2 is 2.05 bits per heavy atom. The van der Waals surface area contributed by atoms with Gasteiger partial charge in [-0.3, -0.25) is 0 Å². The summed E-state index contributed by atoms with van der Waals surface area (Å²) in [6.07, 6.45) is 5.35. The zero-order valence-electron chi connectivity index (χ0n) is 13.4. The van der Waals surface area contributed by atoms with Crippen molar-refractivity contribution in [2.75, 3.05) is 13.7 Å². The summed E-state index contributed by atoms with van der Waals surface area (Å²) < 4.78 is 5.84. The van der Waals surface area contributed by atoms with Crippen LogP contribution in [0.4, 0.5) is 0 Å². The van der Waals surface area contributed by atoms with Gasteiger partial charge in [0.05, 0.1) is 6.61 Å². The molecule has 20 heavy (non-hydrogen) atoms. The molecule has 0 radical (unpaired) electrons. The Bertz CT molecular complexity index is 427. The predicted molar refractivity (Wildman–Crippen MR) is 85.2 cm³/mol. The van der Waals surface area contributed by atoms with Crippen molar-refractivity contribution in [3.05, 3.63) is 29.8 Å². The summed E-state index contributed by atoms with van der Waals surface area (Å²) >= 11 is 0. The van der Waals surface area contributed by atoms with Gasteiger partial charge >= 0.3 is 0 Å². The van der Waals surface area contributed by atoms with E-state index in [2.05, 4.69) is 57.4 Å². The summed E-state index contributed by atoms with van der Waals surface area (Å²) in [6, 6.07) is 8.88. The first-order valence-electron chi connectivity index (χ1n) is 7.99. The largest absolute Gasteiger partial charge is 0.494 e.